The van der Waals surface area contributed by atoms with Crippen molar-refractivity contribution in [3.05, 3.63) is 82.7 Å². The number of ether oxygens (including phenoxy) is 1. The normalized spacial score (nSPS) is 11.0. The van der Waals surface area contributed by atoms with Gasteiger partial charge < -0.3 is 4.74 Å². The molecule has 0 saturated carbocycles. The van der Waals surface area contributed by atoms with Gasteiger partial charge in [0.25, 0.3) is 5.56 Å². The van der Waals surface area contributed by atoms with Crippen LogP contribution in [0.5, 0.6) is 5.75 Å². The van der Waals surface area contributed by atoms with Crippen LogP contribution in [0.25, 0.3) is 20.7 Å². The van der Waals surface area contributed by atoms with Crippen LogP contribution >= 0.6 is 11.3 Å². The SMILES string of the molecule is COc1ccc(Cn2cnc3cc(-c4ccccc4)sc3c2=O)cc1F. The summed E-state index contributed by atoms with van der Waals surface area (Å²) in [6.07, 6.45) is 1.51. The monoisotopic (exact) mass is 366 g/mol. The van der Waals surface area contributed by atoms with E-state index in [1.807, 2.05) is 36.4 Å². The van der Waals surface area contributed by atoms with Gasteiger partial charge in [0.15, 0.2) is 11.6 Å². The number of benzene rings is 2. The second kappa shape index (κ2) is 6.72. The molecule has 6 heteroatoms. The van der Waals surface area contributed by atoms with Gasteiger partial charge in [-0.2, -0.15) is 0 Å². The predicted octanol–water partition coefficient (Wildman–Crippen LogP) is 4.32. The molecule has 0 saturated heterocycles. The zero-order valence-electron chi connectivity index (χ0n) is 14.0. The molecule has 2 aromatic carbocycles. The van der Waals surface area contributed by atoms with E-state index in [1.54, 1.807) is 12.1 Å². The first-order valence-corrected chi connectivity index (χ1v) is 8.84. The zero-order chi connectivity index (χ0) is 18.1. The molecular formula is C20H15FN2O2S. The van der Waals surface area contributed by atoms with Crippen LogP contribution in [0.1, 0.15) is 5.56 Å². The summed E-state index contributed by atoms with van der Waals surface area (Å²) < 4.78 is 20.9. The number of nitrogens with zero attached hydrogens (tertiary/aromatic N) is 2. The van der Waals surface area contributed by atoms with Gasteiger partial charge >= 0.3 is 0 Å². The molecule has 0 aliphatic rings. The molecule has 4 rings (SSSR count). The molecule has 0 fully saturated rings. The zero-order valence-corrected chi connectivity index (χ0v) is 14.8. The fourth-order valence-corrected chi connectivity index (χ4v) is 3.87. The average molecular weight is 366 g/mol. The Kier molecular flexibility index (Phi) is 4.26. The van der Waals surface area contributed by atoms with Crippen LogP contribution in [0.15, 0.2) is 65.7 Å². The number of rotatable bonds is 4. The molecule has 2 heterocycles. The van der Waals surface area contributed by atoms with Gasteiger partial charge in [0, 0.05) is 4.88 Å². The summed E-state index contributed by atoms with van der Waals surface area (Å²) in [5.74, 6) is -0.269. The maximum Gasteiger partial charge on any atom is 0.271 e. The lowest BCUT2D eigenvalue weighted by molar-refractivity contribution is 0.386. The Morgan fingerprint density at radius 1 is 1.15 bits per heavy atom. The number of aromatic nitrogens is 2. The Balaban J connectivity index is 1.72. The van der Waals surface area contributed by atoms with Crippen LogP contribution < -0.4 is 10.3 Å². The van der Waals surface area contributed by atoms with Crippen LogP contribution in [-0.4, -0.2) is 16.7 Å². The second-order valence-electron chi connectivity index (χ2n) is 5.84. The minimum absolute atomic E-state index is 0.126. The molecule has 0 unspecified atom stereocenters. The Hall–Kier alpha value is -2.99. The third-order valence-electron chi connectivity index (χ3n) is 4.13. The molecular weight excluding hydrogens is 351 g/mol. The first-order chi connectivity index (χ1) is 12.7. The molecule has 0 aliphatic heterocycles. The molecule has 26 heavy (non-hydrogen) atoms. The van der Waals surface area contributed by atoms with Crippen molar-refractivity contribution in [3.8, 4) is 16.2 Å². The first kappa shape index (κ1) is 16.5. The van der Waals surface area contributed by atoms with E-state index < -0.39 is 5.82 Å². The van der Waals surface area contributed by atoms with E-state index in [0.29, 0.717) is 15.8 Å². The average Bonchev–Trinajstić information content (AvgIpc) is 3.10. The molecule has 0 atom stereocenters. The maximum atomic E-state index is 13.9. The number of hydrogen-bond acceptors (Lipinski definition) is 4. The van der Waals surface area contributed by atoms with E-state index in [-0.39, 0.29) is 17.9 Å². The summed E-state index contributed by atoms with van der Waals surface area (Å²) in [6, 6.07) is 16.5. The molecule has 0 aliphatic carbocycles. The summed E-state index contributed by atoms with van der Waals surface area (Å²) in [5.41, 5.74) is 2.28. The molecule has 130 valence electrons. The molecule has 4 nitrogen and oxygen atoms in total. The van der Waals surface area contributed by atoms with E-state index in [1.165, 1.54) is 35.4 Å². The van der Waals surface area contributed by atoms with Gasteiger partial charge in [0.05, 0.1) is 25.5 Å². The van der Waals surface area contributed by atoms with Crippen molar-refractivity contribution in [2.24, 2.45) is 0 Å². The second-order valence-corrected chi connectivity index (χ2v) is 6.89. The Labute approximate surface area is 153 Å². The van der Waals surface area contributed by atoms with Crippen molar-refractivity contribution in [1.29, 1.82) is 0 Å². The Morgan fingerprint density at radius 2 is 1.96 bits per heavy atom. The number of thiophene rings is 1. The van der Waals surface area contributed by atoms with Crippen LogP contribution in [0, 0.1) is 5.82 Å². The van der Waals surface area contributed by atoms with Crippen molar-refractivity contribution < 1.29 is 9.13 Å². The highest BCUT2D eigenvalue weighted by atomic mass is 32.1. The first-order valence-electron chi connectivity index (χ1n) is 8.02. The van der Waals surface area contributed by atoms with E-state index in [4.69, 9.17) is 4.74 Å². The Morgan fingerprint density at radius 3 is 2.69 bits per heavy atom. The van der Waals surface area contributed by atoms with Crippen LogP contribution in [0.3, 0.4) is 0 Å². The maximum absolute atomic E-state index is 13.9. The predicted molar refractivity (Wildman–Crippen MR) is 101 cm³/mol. The van der Waals surface area contributed by atoms with Gasteiger partial charge in [0.2, 0.25) is 0 Å². The van der Waals surface area contributed by atoms with Gasteiger partial charge in [-0.15, -0.1) is 11.3 Å². The molecule has 0 N–H and O–H groups in total. The van der Waals surface area contributed by atoms with Gasteiger partial charge in [-0.3, -0.25) is 9.36 Å². The van der Waals surface area contributed by atoms with Gasteiger partial charge in [-0.25, -0.2) is 9.37 Å². The Bertz CT molecular complexity index is 1140. The molecule has 0 spiro atoms. The third kappa shape index (κ3) is 2.99. The lowest BCUT2D eigenvalue weighted by Gasteiger charge is -2.07. The highest BCUT2D eigenvalue weighted by Gasteiger charge is 2.11. The smallest absolute Gasteiger partial charge is 0.271 e. The summed E-state index contributed by atoms with van der Waals surface area (Å²) in [5, 5.41) is 0. The van der Waals surface area contributed by atoms with Crippen LogP contribution in [0.4, 0.5) is 4.39 Å². The highest BCUT2D eigenvalue weighted by Crippen LogP contribution is 2.30. The highest BCUT2D eigenvalue weighted by molar-refractivity contribution is 7.22. The molecule has 2 aromatic heterocycles. The lowest BCUT2D eigenvalue weighted by atomic mass is 10.2. The van der Waals surface area contributed by atoms with Crippen LogP contribution in [-0.2, 0) is 6.54 Å². The van der Waals surface area contributed by atoms with Crippen molar-refractivity contribution in [2.75, 3.05) is 7.11 Å². The van der Waals surface area contributed by atoms with Crippen molar-refractivity contribution in [1.82, 2.24) is 9.55 Å². The standard InChI is InChI=1S/C20H15FN2O2S/c1-25-17-8-7-13(9-15(17)21)11-23-12-22-16-10-18(26-19(16)20(23)24)14-5-3-2-4-6-14/h2-10,12H,11H2,1H3. The summed E-state index contributed by atoms with van der Waals surface area (Å²) >= 11 is 1.42. The molecule has 0 bridgehead atoms. The topological polar surface area (TPSA) is 44.1 Å². The minimum Gasteiger partial charge on any atom is -0.494 e. The van der Waals surface area contributed by atoms with Crippen LogP contribution in [0.2, 0.25) is 0 Å². The molecule has 4 aromatic rings. The number of halogens is 1. The number of methoxy groups -OCH3 is 1. The lowest BCUT2D eigenvalue weighted by Crippen LogP contribution is -2.20. The fraction of sp³-hybridized carbons (Fsp3) is 0.100. The summed E-state index contributed by atoms with van der Waals surface area (Å²) in [7, 11) is 1.42. The van der Waals surface area contributed by atoms with Gasteiger partial charge in [-0.05, 0) is 29.3 Å². The van der Waals surface area contributed by atoms with Gasteiger partial charge in [0.1, 0.15) is 4.70 Å². The van der Waals surface area contributed by atoms with Crippen molar-refractivity contribution in [2.45, 2.75) is 6.54 Å². The number of hydrogen-bond donors (Lipinski definition) is 0. The molecule has 0 amide bonds. The van der Waals surface area contributed by atoms with Crippen molar-refractivity contribution in [3.63, 3.8) is 0 Å². The van der Waals surface area contributed by atoms with Gasteiger partial charge in [-0.1, -0.05) is 36.4 Å². The summed E-state index contributed by atoms with van der Waals surface area (Å²) in [4.78, 5) is 18.2. The summed E-state index contributed by atoms with van der Waals surface area (Å²) in [6.45, 7) is 0.251. The van der Waals surface area contributed by atoms with E-state index in [9.17, 15) is 9.18 Å². The minimum atomic E-state index is -0.449. The van der Waals surface area contributed by atoms with E-state index >= 15 is 0 Å². The van der Waals surface area contributed by atoms with E-state index in [0.717, 1.165) is 10.4 Å². The quantitative estimate of drug-likeness (QED) is 0.540. The molecule has 0 radical (unpaired) electrons. The third-order valence-corrected chi connectivity index (χ3v) is 5.29. The van der Waals surface area contributed by atoms with E-state index in [2.05, 4.69) is 4.98 Å². The van der Waals surface area contributed by atoms with Crippen molar-refractivity contribution >= 4 is 21.6 Å². The fourth-order valence-electron chi connectivity index (χ4n) is 2.81. The largest absolute Gasteiger partial charge is 0.494 e. The number of fused-ring (bicyclic) bond motifs is 1.